The highest BCUT2D eigenvalue weighted by Crippen LogP contribution is 2.38. The van der Waals surface area contributed by atoms with Gasteiger partial charge in [-0.15, -0.1) is 0 Å². The average molecular weight is 445 g/mol. The molecule has 0 radical (unpaired) electrons. The number of thiazole rings is 1. The number of rotatable bonds is 4. The molecule has 156 valence electrons. The number of hydrogen-bond donors (Lipinski definition) is 2. The van der Waals surface area contributed by atoms with E-state index in [2.05, 4.69) is 20.6 Å². The summed E-state index contributed by atoms with van der Waals surface area (Å²) in [7, 11) is 0. The van der Waals surface area contributed by atoms with Crippen LogP contribution in [0, 0.1) is 11.3 Å². The molecule has 0 saturated heterocycles. The molecule has 13 heteroatoms. The summed E-state index contributed by atoms with van der Waals surface area (Å²) in [5.41, 5.74) is -4.19. The molecule has 0 aliphatic heterocycles. The number of anilines is 2. The van der Waals surface area contributed by atoms with Gasteiger partial charge in [0.05, 0.1) is 22.3 Å². The number of nitrogens with one attached hydrogen (secondary N) is 2. The Morgan fingerprint density at radius 1 is 1.10 bits per heavy atom. The Labute approximate surface area is 168 Å². The van der Waals surface area contributed by atoms with Gasteiger partial charge in [-0.2, -0.15) is 31.6 Å². The number of amides is 1. The number of nitriles is 1. The summed E-state index contributed by atoms with van der Waals surface area (Å²) in [6, 6.07) is 7.89. The maximum Gasteiger partial charge on any atom is 0.433 e. The molecule has 3 rings (SSSR count). The van der Waals surface area contributed by atoms with Gasteiger partial charge in [0.25, 0.3) is 0 Å². The van der Waals surface area contributed by atoms with Gasteiger partial charge in [-0.25, -0.2) is 9.97 Å². The number of carbonyl (C=O) groups excluding carboxylic acids is 1. The number of benzene rings is 1. The van der Waals surface area contributed by atoms with E-state index in [4.69, 9.17) is 5.26 Å². The van der Waals surface area contributed by atoms with Crippen molar-refractivity contribution in [3.05, 3.63) is 47.2 Å². The van der Waals surface area contributed by atoms with E-state index < -0.39 is 47.4 Å². The molecule has 0 saturated carbocycles. The number of pyridine rings is 1. The molecular formula is C17H9F6N5OS. The van der Waals surface area contributed by atoms with Gasteiger partial charge < -0.3 is 10.6 Å². The summed E-state index contributed by atoms with van der Waals surface area (Å²) in [6.45, 7) is -0.740. The van der Waals surface area contributed by atoms with E-state index >= 15 is 0 Å². The third kappa shape index (κ3) is 4.60. The number of alkyl halides is 6. The highest BCUT2D eigenvalue weighted by Gasteiger charge is 2.41. The van der Waals surface area contributed by atoms with Gasteiger partial charge in [0, 0.05) is 0 Å². The first-order valence-corrected chi connectivity index (χ1v) is 8.79. The normalized spacial score (nSPS) is 11.9. The van der Waals surface area contributed by atoms with Gasteiger partial charge in [0.15, 0.2) is 5.13 Å². The molecule has 0 aliphatic carbocycles. The molecule has 0 aliphatic rings. The molecule has 0 spiro atoms. The SMILES string of the molecule is N#Cc1c(C(F)(F)F)cc(C(F)(F)F)nc1NCC(=O)Nc1nc2ccccc2s1. The molecule has 0 fully saturated rings. The van der Waals surface area contributed by atoms with Crippen molar-refractivity contribution < 1.29 is 31.1 Å². The topological polar surface area (TPSA) is 90.7 Å². The number of para-hydroxylation sites is 1. The molecule has 30 heavy (non-hydrogen) atoms. The maximum atomic E-state index is 13.1. The number of carbonyl (C=O) groups is 1. The highest BCUT2D eigenvalue weighted by atomic mass is 32.1. The lowest BCUT2D eigenvalue weighted by molar-refractivity contribution is -0.145. The minimum Gasteiger partial charge on any atom is -0.360 e. The third-order valence-electron chi connectivity index (χ3n) is 3.68. The number of halogens is 6. The second-order valence-corrected chi connectivity index (χ2v) is 6.81. The summed E-state index contributed by atoms with van der Waals surface area (Å²) in [4.78, 5) is 19.2. The molecule has 1 aromatic carbocycles. The van der Waals surface area contributed by atoms with Crippen molar-refractivity contribution in [2.24, 2.45) is 0 Å². The van der Waals surface area contributed by atoms with Crippen LogP contribution in [0.1, 0.15) is 16.8 Å². The van der Waals surface area contributed by atoms with Crippen LogP contribution in [-0.2, 0) is 17.1 Å². The van der Waals surface area contributed by atoms with E-state index in [1.165, 1.54) is 6.07 Å². The van der Waals surface area contributed by atoms with Crippen LogP contribution in [0.15, 0.2) is 30.3 Å². The van der Waals surface area contributed by atoms with E-state index in [9.17, 15) is 31.1 Å². The van der Waals surface area contributed by atoms with Crippen LogP contribution in [0.5, 0.6) is 0 Å². The Morgan fingerprint density at radius 3 is 2.40 bits per heavy atom. The largest absolute Gasteiger partial charge is 0.433 e. The summed E-state index contributed by atoms with van der Waals surface area (Å²) >= 11 is 1.13. The van der Waals surface area contributed by atoms with Crippen LogP contribution in [0.2, 0.25) is 0 Å². The van der Waals surface area contributed by atoms with Gasteiger partial charge in [0.1, 0.15) is 23.1 Å². The molecule has 2 aromatic heterocycles. The molecular weight excluding hydrogens is 436 g/mol. The van der Waals surface area contributed by atoms with E-state index in [1.54, 1.807) is 24.3 Å². The molecule has 2 heterocycles. The van der Waals surface area contributed by atoms with Gasteiger partial charge >= 0.3 is 12.4 Å². The fourth-order valence-electron chi connectivity index (χ4n) is 2.41. The summed E-state index contributed by atoms with van der Waals surface area (Å²) in [5.74, 6) is -1.80. The number of hydrogen-bond acceptors (Lipinski definition) is 6. The fraction of sp³-hybridized carbons (Fsp3) is 0.176. The quantitative estimate of drug-likeness (QED) is 0.571. The lowest BCUT2D eigenvalue weighted by atomic mass is 10.1. The first kappa shape index (κ1) is 21.3. The number of fused-ring (bicyclic) bond motifs is 1. The second-order valence-electron chi connectivity index (χ2n) is 5.77. The molecule has 0 unspecified atom stereocenters. The Bertz CT molecular complexity index is 1120. The van der Waals surface area contributed by atoms with Crippen LogP contribution in [0.25, 0.3) is 10.2 Å². The van der Waals surface area contributed by atoms with Gasteiger partial charge in [-0.05, 0) is 18.2 Å². The Balaban J connectivity index is 1.84. The molecule has 6 nitrogen and oxygen atoms in total. The van der Waals surface area contributed by atoms with Crippen molar-refractivity contribution in [3.63, 3.8) is 0 Å². The molecule has 1 amide bonds. The third-order valence-corrected chi connectivity index (χ3v) is 4.64. The van der Waals surface area contributed by atoms with Gasteiger partial charge in [-0.1, -0.05) is 23.5 Å². The number of aromatic nitrogens is 2. The summed E-state index contributed by atoms with van der Waals surface area (Å²) < 4.78 is 78.9. The standard InChI is InChI=1S/C17H9F6N5OS/c18-16(19,20)9-5-12(17(21,22)23)27-14(8(9)6-24)25-7-13(29)28-15-26-10-3-1-2-4-11(10)30-15/h1-5H,7H2,(H,25,27)(H,26,28,29). The Hall–Kier alpha value is -3.40. The zero-order valence-corrected chi connectivity index (χ0v) is 15.3. The van der Waals surface area contributed by atoms with Crippen molar-refractivity contribution in [1.29, 1.82) is 5.26 Å². The summed E-state index contributed by atoms with van der Waals surface area (Å²) in [5, 5.41) is 13.7. The van der Waals surface area contributed by atoms with Crippen LogP contribution in [0.3, 0.4) is 0 Å². The predicted octanol–water partition coefficient (Wildman–Crippen LogP) is 4.65. The molecule has 3 aromatic rings. The van der Waals surface area contributed by atoms with Crippen molar-refractivity contribution >= 4 is 38.4 Å². The zero-order chi connectivity index (χ0) is 22.1. The van der Waals surface area contributed by atoms with Crippen LogP contribution >= 0.6 is 11.3 Å². The van der Waals surface area contributed by atoms with E-state index in [0.29, 0.717) is 5.52 Å². The predicted molar refractivity (Wildman–Crippen MR) is 95.7 cm³/mol. The fourth-order valence-corrected chi connectivity index (χ4v) is 3.29. The lowest BCUT2D eigenvalue weighted by Gasteiger charge is -2.16. The molecule has 0 atom stereocenters. The Kier molecular flexibility index (Phi) is 5.53. The minimum atomic E-state index is -5.23. The number of nitrogens with zero attached hydrogens (tertiary/aromatic N) is 3. The monoisotopic (exact) mass is 445 g/mol. The molecule has 0 bridgehead atoms. The Morgan fingerprint density at radius 2 is 1.80 bits per heavy atom. The van der Waals surface area contributed by atoms with Gasteiger partial charge in [0.2, 0.25) is 5.91 Å². The van der Waals surface area contributed by atoms with Crippen LogP contribution < -0.4 is 10.6 Å². The average Bonchev–Trinajstić information content (AvgIpc) is 3.06. The van der Waals surface area contributed by atoms with Crippen LogP contribution in [0.4, 0.5) is 37.3 Å². The first-order chi connectivity index (χ1) is 14.0. The second kappa shape index (κ2) is 7.79. The maximum absolute atomic E-state index is 13.1. The van der Waals surface area contributed by atoms with Crippen molar-refractivity contribution in [2.75, 3.05) is 17.2 Å². The van der Waals surface area contributed by atoms with E-state index in [-0.39, 0.29) is 11.2 Å². The van der Waals surface area contributed by atoms with Crippen molar-refractivity contribution in [1.82, 2.24) is 9.97 Å². The van der Waals surface area contributed by atoms with Crippen LogP contribution in [-0.4, -0.2) is 22.4 Å². The lowest BCUT2D eigenvalue weighted by Crippen LogP contribution is -2.24. The van der Waals surface area contributed by atoms with E-state index in [1.807, 2.05) is 0 Å². The smallest absolute Gasteiger partial charge is 0.360 e. The van der Waals surface area contributed by atoms with Crippen molar-refractivity contribution in [3.8, 4) is 6.07 Å². The van der Waals surface area contributed by atoms with E-state index in [0.717, 1.165) is 16.0 Å². The minimum absolute atomic E-state index is 0.191. The summed E-state index contributed by atoms with van der Waals surface area (Å²) in [6.07, 6.45) is -10.4. The van der Waals surface area contributed by atoms with Crippen molar-refractivity contribution in [2.45, 2.75) is 12.4 Å². The zero-order valence-electron chi connectivity index (χ0n) is 14.5. The molecule has 2 N–H and O–H groups in total. The van der Waals surface area contributed by atoms with Gasteiger partial charge in [-0.3, -0.25) is 4.79 Å². The first-order valence-electron chi connectivity index (χ1n) is 7.98. The highest BCUT2D eigenvalue weighted by molar-refractivity contribution is 7.22.